The lowest BCUT2D eigenvalue weighted by Gasteiger charge is -2.21. The van der Waals surface area contributed by atoms with E-state index in [0.717, 1.165) is 141 Å². The first kappa shape index (κ1) is 90.4. The predicted molar refractivity (Wildman–Crippen MR) is 390 cm³/mol. The van der Waals surface area contributed by atoms with E-state index in [0.29, 0.717) is 25.7 Å². The number of ether oxygens (including phenoxy) is 4. The van der Waals surface area contributed by atoms with Gasteiger partial charge in [0.15, 0.2) is 12.2 Å². The number of rotatable bonds is 64. The molecule has 0 saturated carbocycles. The maximum Gasteiger partial charge on any atom is 0.472 e. The zero-order chi connectivity index (χ0) is 70.4. The van der Waals surface area contributed by atoms with Crippen LogP contribution in [0.3, 0.4) is 0 Å². The Kier molecular flexibility index (Phi) is 64.0. The number of carbonyl (C=O) groups is 4. The molecule has 0 aliphatic carbocycles. The summed E-state index contributed by atoms with van der Waals surface area (Å²) in [5.41, 5.74) is 0. The zero-order valence-electron chi connectivity index (χ0n) is 58.7. The molecule has 0 aliphatic heterocycles. The molecule has 0 aliphatic rings. The Hall–Kier alpha value is -5.58. The molecular formula is C77H122O17P2. The molecule has 96 heavy (non-hydrogen) atoms. The lowest BCUT2D eigenvalue weighted by molar-refractivity contribution is -0.161. The van der Waals surface area contributed by atoms with Gasteiger partial charge in [0, 0.05) is 12.8 Å². The first-order valence-electron chi connectivity index (χ1n) is 35.4. The Morgan fingerprint density at radius 1 is 0.312 bits per heavy atom. The minimum Gasteiger partial charge on any atom is -0.462 e. The SMILES string of the molecule is CC/C=C\C/C=C\C/C=C\C/C=C\C/C=C\CC(=O)OCC(COP(=O)(O)OCC(O)COP(=O)(O)OCC(COC(=O)CCCCCCC/C=C\C/C=C\C/C=C\CC)OC(=O)CCCCCCC/C=C\CCCC)OC(=O)C/C=C\C/C=C\C/C=C\C/C=C\C/C=C\CC. The summed E-state index contributed by atoms with van der Waals surface area (Å²) in [5, 5.41) is 10.6. The number of aliphatic hydroxyl groups is 1. The molecule has 19 heteroatoms. The normalized spacial score (nSPS) is 15.0. The van der Waals surface area contributed by atoms with E-state index in [9.17, 15) is 43.2 Å². The average molecular weight is 1380 g/mol. The molecule has 0 aromatic rings. The van der Waals surface area contributed by atoms with E-state index < -0.39 is 97.5 Å². The highest BCUT2D eigenvalue weighted by molar-refractivity contribution is 7.47. The molecule has 5 atom stereocenters. The van der Waals surface area contributed by atoms with Gasteiger partial charge in [0.2, 0.25) is 0 Å². The number of esters is 4. The van der Waals surface area contributed by atoms with Crippen molar-refractivity contribution in [2.45, 2.75) is 251 Å². The number of aliphatic hydroxyl groups excluding tert-OH is 1. The summed E-state index contributed by atoms with van der Waals surface area (Å²) in [7, 11) is -10.0. The first-order valence-corrected chi connectivity index (χ1v) is 38.4. The van der Waals surface area contributed by atoms with Crippen LogP contribution in [0.15, 0.2) is 170 Å². The monoisotopic (exact) mass is 1380 g/mol. The van der Waals surface area contributed by atoms with Crippen LogP contribution in [-0.2, 0) is 65.4 Å². The molecule has 0 spiro atoms. The maximum absolute atomic E-state index is 13.0. The Labute approximate surface area is 578 Å². The molecule has 0 fully saturated rings. The number of unbranched alkanes of at least 4 members (excludes halogenated alkanes) is 12. The second kappa shape index (κ2) is 68.0. The van der Waals surface area contributed by atoms with Crippen molar-refractivity contribution >= 4 is 39.5 Å². The van der Waals surface area contributed by atoms with Crippen LogP contribution < -0.4 is 0 Å². The van der Waals surface area contributed by atoms with E-state index in [1.807, 2.05) is 24.3 Å². The van der Waals surface area contributed by atoms with Crippen molar-refractivity contribution in [3.8, 4) is 0 Å². The second-order valence-electron chi connectivity index (χ2n) is 22.7. The third-order valence-electron chi connectivity index (χ3n) is 13.7. The minimum atomic E-state index is -5.02. The summed E-state index contributed by atoms with van der Waals surface area (Å²) in [5.74, 6) is -2.52. The van der Waals surface area contributed by atoms with E-state index >= 15 is 0 Å². The fourth-order valence-electron chi connectivity index (χ4n) is 8.42. The van der Waals surface area contributed by atoms with Crippen LogP contribution in [0.2, 0.25) is 0 Å². The topological polar surface area (TPSA) is 237 Å². The zero-order valence-corrected chi connectivity index (χ0v) is 60.5. The molecule has 0 rings (SSSR count). The van der Waals surface area contributed by atoms with Crippen molar-refractivity contribution in [2.75, 3.05) is 39.6 Å². The van der Waals surface area contributed by atoms with E-state index in [2.05, 4.69) is 149 Å². The van der Waals surface area contributed by atoms with Gasteiger partial charge < -0.3 is 33.8 Å². The summed E-state index contributed by atoms with van der Waals surface area (Å²) in [6, 6.07) is 0. The summed E-state index contributed by atoms with van der Waals surface area (Å²) in [4.78, 5) is 72.5. The van der Waals surface area contributed by atoms with Crippen molar-refractivity contribution in [3.63, 3.8) is 0 Å². The molecular weight excluding hydrogens is 1260 g/mol. The van der Waals surface area contributed by atoms with Gasteiger partial charge in [0.05, 0.1) is 39.3 Å². The van der Waals surface area contributed by atoms with Gasteiger partial charge in [-0.05, 0) is 128 Å². The standard InChI is InChI=1S/C77H122O17P2/c1-5-9-13-17-21-25-29-32-35-38-42-45-49-53-57-61-74(79)87-67-72(93-76(81)63-59-55-51-47-41-28-24-20-16-12-8-4)69-91-95(83,84)89-65-71(78)66-90-96(85,86)92-70-73(94-77(82)64-60-56-52-48-44-40-37-34-31-27-23-19-15-11-7-3)68-88-75(80)62-58-54-50-46-43-39-36-33-30-26-22-18-14-10-6-2/h9-11,13-15,20-27,32-37,43-44,46,48,54,56,58,60,71-73,78H,5-8,12,16-19,28-31,38-42,45,47,49-53,55,57,59,61-70H2,1-4H3,(H,83,84)(H,85,86)/b13-9-,14-10-,15-11-,24-20-,25-21-,26-22-,27-23-,35-32-,36-33-,37-34-,46-43-,48-44-,58-54-,60-56-. The lowest BCUT2D eigenvalue weighted by atomic mass is 10.1. The van der Waals surface area contributed by atoms with Gasteiger partial charge in [-0.15, -0.1) is 0 Å². The summed E-state index contributed by atoms with van der Waals surface area (Å²) in [6.45, 7) is 4.17. The number of hydrogen-bond donors (Lipinski definition) is 3. The van der Waals surface area contributed by atoms with Gasteiger partial charge in [-0.2, -0.15) is 0 Å². The number of phosphoric acid groups is 2. The molecule has 3 N–H and O–H groups in total. The number of allylic oxidation sites excluding steroid dienone is 26. The van der Waals surface area contributed by atoms with Gasteiger partial charge in [0.25, 0.3) is 0 Å². The third kappa shape index (κ3) is 67.0. The fourth-order valence-corrected chi connectivity index (χ4v) is 10.00. The van der Waals surface area contributed by atoms with Crippen LogP contribution in [0.25, 0.3) is 0 Å². The van der Waals surface area contributed by atoms with Crippen molar-refractivity contribution in [2.24, 2.45) is 0 Å². The van der Waals surface area contributed by atoms with Crippen LogP contribution in [-0.4, -0.2) is 96.7 Å². The fraction of sp³-hybridized carbons (Fsp3) is 0.584. The van der Waals surface area contributed by atoms with E-state index in [-0.39, 0.29) is 25.7 Å². The van der Waals surface area contributed by atoms with Gasteiger partial charge in [0.1, 0.15) is 19.3 Å². The highest BCUT2D eigenvalue weighted by atomic mass is 31.2. The van der Waals surface area contributed by atoms with Crippen LogP contribution in [0, 0.1) is 0 Å². The Morgan fingerprint density at radius 2 is 0.594 bits per heavy atom. The third-order valence-corrected chi connectivity index (χ3v) is 15.6. The minimum absolute atomic E-state index is 0.0700. The Balaban J connectivity index is 5.51. The molecule has 542 valence electrons. The smallest absolute Gasteiger partial charge is 0.462 e. The first-order chi connectivity index (χ1) is 46.7. The van der Waals surface area contributed by atoms with Gasteiger partial charge in [-0.3, -0.25) is 37.3 Å². The van der Waals surface area contributed by atoms with Crippen LogP contribution in [0.4, 0.5) is 0 Å². The van der Waals surface area contributed by atoms with Crippen LogP contribution in [0.5, 0.6) is 0 Å². The molecule has 5 unspecified atom stereocenters. The molecule has 0 amide bonds. The molecule has 0 saturated heterocycles. The average Bonchev–Trinajstić information content (AvgIpc) is 1.09. The van der Waals surface area contributed by atoms with Crippen molar-refractivity contribution in [3.05, 3.63) is 170 Å². The van der Waals surface area contributed by atoms with Crippen molar-refractivity contribution in [1.82, 2.24) is 0 Å². The molecule has 17 nitrogen and oxygen atoms in total. The molecule has 0 bridgehead atoms. The summed E-state index contributed by atoms with van der Waals surface area (Å²) in [6.07, 6.45) is 78.6. The molecule has 0 aromatic heterocycles. The van der Waals surface area contributed by atoms with Gasteiger partial charge in [-0.1, -0.05) is 249 Å². The molecule has 0 aromatic carbocycles. The van der Waals surface area contributed by atoms with Crippen LogP contribution in [0.1, 0.15) is 233 Å². The van der Waals surface area contributed by atoms with Gasteiger partial charge in [-0.25, -0.2) is 9.13 Å². The second-order valence-corrected chi connectivity index (χ2v) is 25.6. The number of hydrogen-bond acceptors (Lipinski definition) is 15. The van der Waals surface area contributed by atoms with Crippen molar-refractivity contribution in [1.29, 1.82) is 0 Å². The Morgan fingerprint density at radius 3 is 0.979 bits per heavy atom. The highest BCUT2D eigenvalue weighted by Crippen LogP contribution is 2.45. The van der Waals surface area contributed by atoms with Gasteiger partial charge >= 0.3 is 39.5 Å². The van der Waals surface area contributed by atoms with Crippen LogP contribution >= 0.6 is 15.6 Å². The summed E-state index contributed by atoms with van der Waals surface area (Å²) < 4.78 is 67.9. The highest BCUT2D eigenvalue weighted by Gasteiger charge is 2.30. The Bertz CT molecular complexity index is 2500. The quantitative estimate of drug-likeness (QED) is 0.0169. The predicted octanol–water partition coefficient (Wildman–Crippen LogP) is 19.9. The maximum atomic E-state index is 13.0. The summed E-state index contributed by atoms with van der Waals surface area (Å²) >= 11 is 0. The van der Waals surface area contributed by atoms with E-state index in [4.69, 9.17) is 37.0 Å². The van der Waals surface area contributed by atoms with E-state index in [1.54, 1.807) is 24.3 Å². The lowest BCUT2D eigenvalue weighted by Crippen LogP contribution is -2.30. The van der Waals surface area contributed by atoms with E-state index in [1.165, 1.54) is 12.8 Å². The molecule has 0 heterocycles. The largest absolute Gasteiger partial charge is 0.472 e. The van der Waals surface area contributed by atoms with Crippen molar-refractivity contribution < 1.29 is 80.2 Å². The number of carbonyl (C=O) groups excluding carboxylic acids is 4. The molecule has 0 radical (unpaired) electrons. The number of phosphoric ester groups is 2.